The van der Waals surface area contributed by atoms with E-state index in [4.69, 9.17) is 11.6 Å². The van der Waals surface area contributed by atoms with E-state index < -0.39 is 17.1 Å². The van der Waals surface area contributed by atoms with Crippen molar-refractivity contribution in [2.45, 2.75) is 31.4 Å². The van der Waals surface area contributed by atoms with Gasteiger partial charge in [-0.15, -0.1) is 11.8 Å². The molecule has 1 fully saturated rings. The van der Waals surface area contributed by atoms with Gasteiger partial charge in [0.05, 0.1) is 23.3 Å². The van der Waals surface area contributed by atoms with Crippen LogP contribution in [0.2, 0.25) is 5.15 Å². The summed E-state index contributed by atoms with van der Waals surface area (Å²) in [7, 11) is 0. The zero-order valence-electron chi connectivity index (χ0n) is 14.4. The summed E-state index contributed by atoms with van der Waals surface area (Å²) in [6, 6.07) is 3.60. The van der Waals surface area contributed by atoms with Gasteiger partial charge in [-0.25, -0.2) is 13.5 Å². The van der Waals surface area contributed by atoms with E-state index in [0.29, 0.717) is 12.2 Å². The average Bonchev–Trinajstić information content (AvgIpc) is 3.06. The Kier molecular flexibility index (Phi) is 5.53. The number of aromatic nitrogens is 3. The van der Waals surface area contributed by atoms with Gasteiger partial charge in [-0.05, 0) is 26.0 Å². The van der Waals surface area contributed by atoms with Crippen LogP contribution in [0.3, 0.4) is 0 Å². The van der Waals surface area contributed by atoms with Gasteiger partial charge in [0.15, 0.2) is 5.15 Å². The van der Waals surface area contributed by atoms with Crippen molar-refractivity contribution >= 4 is 35.0 Å². The van der Waals surface area contributed by atoms with Gasteiger partial charge in [-0.2, -0.15) is 5.10 Å². The van der Waals surface area contributed by atoms with Gasteiger partial charge in [0.25, 0.3) is 5.92 Å². The minimum atomic E-state index is -2.56. The van der Waals surface area contributed by atoms with E-state index in [1.54, 1.807) is 36.3 Å². The second-order valence-corrected chi connectivity index (χ2v) is 7.91. The molecule has 26 heavy (non-hydrogen) atoms. The van der Waals surface area contributed by atoms with Gasteiger partial charge in [-0.1, -0.05) is 11.6 Å². The zero-order chi connectivity index (χ0) is 18.9. The number of alkyl halides is 2. The predicted molar refractivity (Wildman–Crippen MR) is 99.4 cm³/mol. The summed E-state index contributed by atoms with van der Waals surface area (Å²) in [5.74, 6) is -3.07. The van der Waals surface area contributed by atoms with Crippen LogP contribution in [0.4, 0.5) is 14.5 Å². The minimum Gasteiger partial charge on any atom is -0.308 e. The highest BCUT2D eigenvalue weighted by Gasteiger charge is 2.56. The van der Waals surface area contributed by atoms with E-state index in [1.807, 2.05) is 13.0 Å². The third kappa shape index (κ3) is 4.01. The number of anilines is 1. The lowest BCUT2D eigenvalue weighted by Crippen LogP contribution is -2.36. The second-order valence-electron chi connectivity index (χ2n) is 6.18. The van der Waals surface area contributed by atoms with Crippen molar-refractivity contribution in [3.8, 4) is 5.69 Å². The highest BCUT2D eigenvalue weighted by Crippen LogP contribution is 2.50. The number of rotatable bonds is 7. The Morgan fingerprint density at radius 1 is 1.58 bits per heavy atom. The highest BCUT2D eigenvalue weighted by molar-refractivity contribution is 8.00. The fourth-order valence-corrected chi connectivity index (χ4v) is 3.98. The molecule has 9 heteroatoms. The Labute approximate surface area is 159 Å². The summed E-state index contributed by atoms with van der Waals surface area (Å²) in [5, 5.41) is 4.00. The molecule has 2 heterocycles. The van der Waals surface area contributed by atoms with Crippen molar-refractivity contribution in [2.75, 3.05) is 17.2 Å². The maximum atomic E-state index is 13.0. The summed E-state index contributed by atoms with van der Waals surface area (Å²) in [4.78, 5) is 18.3. The fourth-order valence-electron chi connectivity index (χ4n) is 2.59. The maximum Gasteiger partial charge on any atom is 0.252 e. The van der Waals surface area contributed by atoms with E-state index in [2.05, 4.69) is 10.1 Å². The number of carbonyl (C=O) groups is 1. The Morgan fingerprint density at radius 3 is 2.88 bits per heavy atom. The van der Waals surface area contributed by atoms with Crippen LogP contribution in [0.25, 0.3) is 5.69 Å². The predicted octanol–water partition coefficient (Wildman–Crippen LogP) is 4.05. The van der Waals surface area contributed by atoms with Crippen LogP contribution in [0.5, 0.6) is 0 Å². The molecule has 1 aliphatic rings. The molecule has 2 atom stereocenters. The van der Waals surface area contributed by atoms with Crippen LogP contribution >= 0.6 is 23.4 Å². The third-order valence-electron chi connectivity index (χ3n) is 4.29. The van der Waals surface area contributed by atoms with Crippen molar-refractivity contribution in [2.24, 2.45) is 5.92 Å². The second kappa shape index (κ2) is 7.52. The van der Waals surface area contributed by atoms with E-state index in [0.717, 1.165) is 5.69 Å². The normalized spacial score (nSPS) is 19.2. The summed E-state index contributed by atoms with van der Waals surface area (Å²) < 4.78 is 27.6. The van der Waals surface area contributed by atoms with Crippen molar-refractivity contribution in [3.05, 3.63) is 35.9 Å². The lowest BCUT2D eigenvalue weighted by Gasteiger charge is -2.23. The number of hydrogen-bond donors (Lipinski definition) is 0. The fraction of sp³-hybridized carbons (Fsp3) is 0.471. The topological polar surface area (TPSA) is 51.0 Å². The van der Waals surface area contributed by atoms with Crippen LogP contribution in [-0.2, 0) is 4.79 Å². The molecule has 1 saturated carbocycles. The number of amides is 1. The molecule has 1 amide bonds. The molecule has 0 saturated heterocycles. The molecule has 0 bridgehead atoms. The number of nitrogens with zero attached hydrogens (tertiary/aromatic N) is 4. The van der Waals surface area contributed by atoms with Gasteiger partial charge < -0.3 is 4.90 Å². The summed E-state index contributed by atoms with van der Waals surface area (Å²) in [5.41, 5.74) is 1.22. The van der Waals surface area contributed by atoms with Crippen LogP contribution in [-0.4, -0.2) is 44.1 Å². The molecule has 0 aliphatic heterocycles. The van der Waals surface area contributed by atoms with Gasteiger partial charge in [-0.3, -0.25) is 9.78 Å². The molecule has 5 nitrogen and oxygen atoms in total. The molecule has 140 valence electrons. The number of halogens is 3. The zero-order valence-corrected chi connectivity index (χ0v) is 16.0. The smallest absolute Gasteiger partial charge is 0.252 e. The third-order valence-corrected chi connectivity index (χ3v) is 5.85. The average molecular weight is 401 g/mol. The molecule has 1 aliphatic carbocycles. The number of hydrogen-bond acceptors (Lipinski definition) is 4. The van der Waals surface area contributed by atoms with Crippen LogP contribution < -0.4 is 4.90 Å². The Balaban J connectivity index is 1.71. The van der Waals surface area contributed by atoms with E-state index >= 15 is 0 Å². The number of carbonyl (C=O) groups excluding carboxylic acids is 1. The first-order valence-corrected chi connectivity index (χ1v) is 9.72. The monoisotopic (exact) mass is 400 g/mol. The molecule has 2 unspecified atom stereocenters. The number of pyridine rings is 1. The Hall–Kier alpha value is -1.67. The molecule has 0 N–H and O–H groups in total. The quantitative estimate of drug-likeness (QED) is 0.703. The summed E-state index contributed by atoms with van der Waals surface area (Å²) in [6.45, 7) is 3.97. The first kappa shape index (κ1) is 19.1. The standard InChI is InChI=1S/C17H19ClF2N4OS/c1-3-23(16(25)11(2)26-10-12-7-17(12,19)20)14-9-24(22-15(14)18)13-5-4-6-21-8-13/h4-6,8-9,11-12H,3,7,10H2,1-2H3. The minimum absolute atomic E-state index is 0.0812. The van der Waals surface area contributed by atoms with Gasteiger partial charge >= 0.3 is 0 Å². The van der Waals surface area contributed by atoms with Crippen LogP contribution in [0, 0.1) is 5.92 Å². The molecule has 3 rings (SSSR count). The molecular formula is C17H19ClF2N4OS. The summed E-state index contributed by atoms with van der Waals surface area (Å²) in [6.07, 6.45) is 4.88. The number of thioether (sulfide) groups is 1. The molecule has 0 spiro atoms. The summed E-state index contributed by atoms with van der Waals surface area (Å²) >= 11 is 7.49. The van der Waals surface area contributed by atoms with Gasteiger partial charge in [0.1, 0.15) is 5.69 Å². The lowest BCUT2D eigenvalue weighted by molar-refractivity contribution is -0.117. The molecule has 0 radical (unpaired) electrons. The maximum absolute atomic E-state index is 13.0. The molecule has 2 aromatic rings. The highest BCUT2D eigenvalue weighted by atomic mass is 35.5. The van der Waals surface area contributed by atoms with Gasteiger partial charge in [0.2, 0.25) is 5.91 Å². The van der Waals surface area contributed by atoms with Crippen LogP contribution in [0.1, 0.15) is 20.3 Å². The van der Waals surface area contributed by atoms with E-state index in [9.17, 15) is 13.6 Å². The first-order chi connectivity index (χ1) is 12.3. The Bertz CT molecular complexity index is 786. The van der Waals surface area contributed by atoms with Crippen molar-refractivity contribution in [1.82, 2.24) is 14.8 Å². The van der Waals surface area contributed by atoms with Crippen LogP contribution in [0.15, 0.2) is 30.7 Å². The molecule has 0 aromatic carbocycles. The van der Waals surface area contributed by atoms with Crippen molar-refractivity contribution in [1.29, 1.82) is 0 Å². The lowest BCUT2D eigenvalue weighted by atomic mass is 10.3. The van der Waals surface area contributed by atoms with E-state index in [-0.39, 0.29) is 23.2 Å². The van der Waals surface area contributed by atoms with E-state index in [1.165, 1.54) is 16.7 Å². The molecular weight excluding hydrogens is 382 g/mol. The SMILES string of the molecule is CCN(C(=O)C(C)SCC1CC1(F)F)c1cn(-c2cccnc2)nc1Cl. The van der Waals surface area contributed by atoms with Crippen molar-refractivity contribution in [3.63, 3.8) is 0 Å². The largest absolute Gasteiger partial charge is 0.308 e. The first-order valence-electron chi connectivity index (χ1n) is 8.30. The Morgan fingerprint density at radius 2 is 2.31 bits per heavy atom. The molecule has 2 aromatic heterocycles. The van der Waals surface area contributed by atoms with Crippen molar-refractivity contribution < 1.29 is 13.6 Å². The van der Waals surface area contributed by atoms with Gasteiger partial charge in [0, 0.05) is 30.8 Å².